The second-order valence-electron chi connectivity index (χ2n) is 6.38. The van der Waals surface area contributed by atoms with Crippen LogP contribution in [0.4, 0.5) is 11.4 Å². The van der Waals surface area contributed by atoms with Crippen LogP contribution in [0.2, 0.25) is 5.02 Å². The molecule has 2 amide bonds. The van der Waals surface area contributed by atoms with Gasteiger partial charge in [0, 0.05) is 10.7 Å². The van der Waals surface area contributed by atoms with Crippen LogP contribution in [0.1, 0.15) is 18.9 Å². The zero-order valence-electron chi connectivity index (χ0n) is 15.3. The van der Waals surface area contributed by atoms with Crippen molar-refractivity contribution in [2.45, 2.75) is 32.5 Å². The van der Waals surface area contributed by atoms with Crippen LogP contribution in [-0.4, -0.2) is 30.0 Å². The predicted molar refractivity (Wildman–Crippen MR) is 104 cm³/mol. The summed E-state index contributed by atoms with van der Waals surface area (Å²) in [7, 11) is 0. The molecule has 1 aliphatic heterocycles. The van der Waals surface area contributed by atoms with E-state index in [2.05, 4.69) is 10.6 Å². The SMILES string of the molecule is Cc1ccc(Cl)cc1NC(=O)C(C)OC(=O)CC1Oc2ccccc2NC1=O. The molecule has 2 unspecified atom stereocenters. The highest BCUT2D eigenvalue weighted by molar-refractivity contribution is 6.31. The number of para-hydroxylation sites is 2. The van der Waals surface area contributed by atoms with Crippen molar-refractivity contribution in [3.05, 3.63) is 53.1 Å². The monoisotopic (exact) mass is 402 g/mol. The quantitative estimate of drug-likeness (QED) is 0.748. The van der Waals surface area contributed by atoms with Crippen molar-refractivity contribution in [3.8, 4) is 5.75 Å². The summed E-state index contributed by atoms with van der Waals surface area (Å²) in [6.07, 6.45) is -2.38. The highest BCUT2D eigenvalue weighted by Crippen LogP contribution is 2.29. The Morgan fingerprint density at radius 3 is 2.82 bits per heavy atom. The average Bonchev–Trinajstić information content (AvgIpc) is 2.65. The summed E-state index contributed by atoms with van der Waals surface area (Å²) in [5, 5.41) is 5.82. The summed E-state index contributed by atoms with van der Waals surface area (Å²) in [4.78, 5) is 36.6. The second-order valence-corrected chi connectivity index (χ2v) is 6.81. The molecule has 0 saturated heterocycles. The van der Waals surface area contributed by atoms with Gasteiger partial charge in [0.1, 0.15) is 5.75 Å². The summed E-state index contributed by atoms with van der Waals surface area (Å²) < 4.78 is 10.7. The van der Waals surface area contributed by atoms with Gasteiger partial charge in [-0.3, -0.25) is 14.4 Å². The lowest BCUT2D eigenvalue weighted by molar-refractivity contribution is -0.155. The lowest BCUT2D eigenvalue weighted by Crippen LogP contribution is -2.40. The molecule has 2 aromatic carbocycles. The zero-order valence-corrected chi connectivity index (χ0v) is 16.1. The van der Waals surface area contributed by atoms with E-state index < -0.39 is 30.0 Å². The molecule has 0 aromatic heterocycles. The van der Waals surface area contributed by atoms with E-state index in [1.807, 2.05) is 6.92 Å². The van der Waals surface area contributed by atoms with Crippen molar-refractivity contribution in [3.63, 3.8) is 0 Å². The summed E-state index contributed by atoms with van der Waals surface area (Å²) >= 11 is 5.93. The van der Waals surface area contributed by atoms with Gasteiger partial charge in [0.25, 0.3) is 11.8 Å². The molecule has 28 heavy (non-hydrogen) atoms. The van der Waals surface area contributed by atoms with Gasteiger partial charge in [-0.2, -0.15) is 0 Å². The molecule has 146 valence electrons. The number of benzene rings is 2. The molecule has 3 rings (SSSR count). The molecule has 8 heteroatoms. The number of fused-ring (bicyclic) bond motifs is 1. The molecule has 0 aliphatic carbocycles. The van der Waals surface area contributed by atoms with E-state index in [1.165, 1.54) is 6.92 Å². The Morgan fingerprint density at radius 1 is 1.29 bits per heavy atom. The highest BCUT2D eigenvalue weighted by atomic mass is 35.5. The van der Waals surface area contributed by atoms with Crippen LogP contribution in [0.15, 0.2) is 42.5 Å². The maximum atomic E-state index is 12.3. The second kappa shape index (κ2) is 8.31. The number of nitrogens with one attached hydrogen (secondary N) is 2. The average molecular weight is 403 g/mol. The third kappa shape index (κ3) is 4.61. The lowest BCUT2D eigenvalue weighted by atomic mass is 10.1. The van der Waals surface area contributed by atoms with Gasteiger partial charge < -0.3 is 20.1 Å². The largest absolute Gasteiger partial charge is 0.478 e. The van der Waals surface area contributed by atoms with Gasteiger partial charge in [-0.1, -0.05) is 29.8 Å². The van der Waals surface area contributed by atoms with E-state index in [-0.39, 0.29) is 6.42 Å². The van der Waals surface area contributed by atoms with Crippen molar-refractivity contribution in [2.24, 2.45) is 0 Å². The topological polar surface area (TPSA) is 93.7 Å². The Kier molecular flexibility index (Phi) is 5.84. The van der Waals surface area contributed by atoms with Crippen LogP contribution in [0.5, 0.6) is 5.75 Å². The zero-order chi connectivity index (χ0) is 20.3. The van der Waals surface area contributed by atoms with Gasteiger partial charge in [-0.05, 0) is 43.7 Å². The smallest absolute Gasteiger partial charge is 0.310 e. The van der Waals surface area contributed by atoms with Crippen molar-refractivity contribution in [1.29, 1.82) is 0 Å². The Labute approximate surface area is 167 Å². The van der Waals surface area contributed by atoms with Crippen LogP contribution >= 0.6 is 11.6 Å². The molecular weight excluding hydrogens is 384 g/mol. The highest BCUT2D eigenvalue weighted by Gasteiger charge is 2.31. The molecule has 0 bridgehead atoms. The first-order chi connectivity index (χ1) is 13.3. The first-order valence-electron chi connectivity index (χ1n) is 8.66. The van der Waals surface area contributed by atoms with Crippen molar-refractivity contribution in [2.75, 3.05) is 10.6 Å². The summed E-state index contributed by atoms with van der Waals surface area (Å²) in [5.41, 5.74) is 1.90. The molecule has 1 heterocycles. The van der Waals surface area contributed by atoms with E-state index in [1.54, 1.807) is 42.5 Å². The van der Waals surface area contributed by atoms with Crippen LogP contribution in [0, 0.1) is 6.92 Å². The van der Waals surface area contributed by atoms with Gasteiger partial charge in [-0.25, -0.2) is 0 Å². The molecule has 2 aromatic rings. The maximum Gasteiger partial charge on any atom is 0.310 e. The van der Waals surface area contributed by atoms with E-state index in [9.17, 15) is 14.4 Å². The third-order valence-corrected chi connectivity index (χ3v) is 4.43. The summed E-state index contributed by atoms with van der Waals surface area (Å²) in [6, 6.07) is 12.0. The van der Waals surface area contributed by atoms with Crippen LogP contribution < -0.4 is 15.4 Å². The van der Waals surface area contributed by atoms with E-state index >= 15 is 0 Å². The normalized spacial score (nSPS) is 16.2. The number of hydrogen-bond acceptors (Lipinski definition) is 5. The van der Waals surface area contributed by atoms with Crippen molar-refractivity contribution < 1.29 is 23.9 Å². The summed E-state index contributed by atoms with van der Waals surface area (Å²) in [6.45, 7) is 3.27. The van der Waals surface area contributed by atoms with Crippen molar-refractivity contribution >= 4 is 40.8 Å². The fourth-order valence-corrected chi connectivity index (χ4v) is 2.81. The number of carbonyl (C=O) groups is 3. The molecule has 0 fully saturated rings. The first kappa shape index (κ1) is 19.7. The standard InChI is InChI=1S/C20H19ClN2O5/c1-11-7-8-13(21)9-15(11)23-19(25)12(2)27-18(24)10-17-20(26)22-14-5-3-4-6-16(14)28-17/h3-9,12,17H,10H2,1-2H3,(H,22,26)(H,23,25). The lowest BCUT2D eigenvalue weighted by Gasteiger charge is -2.25. The molecule has 2 atom stereocenters. The van der Waals surface area contributed by atoms with E-state index in [0.29, 0.717) is 22.1 Å². The molecule has 7 nitrogen and oxygen atoms in total. The molecule has 0 saturated carbocycles. The number of ether oxygens (including phenoxy) is 2. The Balaban J connectivity index is 1.56. The molecular formula is C20H19ClN2O5. The van der Waals surface area contributed by atoms with Gasteiger partial charge in [0.05, 0.1) is 12.1 Å². The molecule has 1 aliphatic rings. The molecule has 0 spiro atoms. The van der Waals surface area contributed by atoms with Crippen LogP contribution in [0.25, 0.3) is 0 Å². The number of esters is 1. The predicted octanol–water partition coefficient (Wildman–Crippen LogP) is 3.31. The number of aryl methyl sites for hydroxylation is 1. The number of anilines is 2. The molecule has 0 radical (unpaired) electrons. The first-order valence-corrected chi connectivity index (χ1v) is 9.04. The number of hydrogen-bond donors (Lipinski definition) is 2. The van der Waals surface area contributed by atoms with Gasteiger partial charge in [-0.15, -0.1) is 0 Å². The van der Waals surface area contributed by atoms with Gasteiger partial charge in [0.2, 0.25) is 0 Å². The minimum Gasteiger partial charge on any atom is -0.478 e. The van der Waals surface area contributed by atoms with Gasteiger partial charge >= 0.3 is 5.97 Å². The number of halogens is 1. The number of rotatable bonds is 5. The number of amides is 2. The van der Waals surface area contributed by atoms with Crippen LogP contribution in [0.3, 0.4) is 0 Å². The minimum absolute atomic E-state index is 0.312. The maximum absolute atomic E-state index is 12.3. The third-order valence-electron chi connectivity index (χ3n) is 4.19. The number of carbonyl (C=O) groups excluding carboxylic acids is 3. The van der Waals surface area contributed by atoms with Crippen LogP contribution in [-0.2, 0) is 19.1 Å². The van der Waals surface area contributed by atoms with Crippen molar-refractivity contribution in [1.82, 2.24) is 0 Å². The minimum atomic E-state index is -1.05. The fourth-order valence-electron chi connectivity index (χ4n) is 2.64. The van der Waals surface area contributed by atoms with E-state index in [4.69, 9.17) is 21.1 Å². The Hall–Kier alpha value is -3.06. The summed E-state index contributed by atoms with van der Waals surface area (Å²) in [5.74, 6) is -1.19. The van der Waals surface area contributed by atoms with E-state index in [0.717, 1.165) is 5.56 Å². The Bertz CT molecular complexity index is 931. The fraction of sp³-hybridized carbons (Fsp3) is 0.250. The van der Waals surface area contributed by atoms with Gasteiger partial charge in [0.15, 0.2) is 12.2 Å². The molecule has 2 N–H and O–H groups in total. The Morgan fingerprint density at radius 2 is 2.04 bits per heavy atom.